The van der Waals surface area contributed by atoms with Crippen LogP contribution >= 0.6 is 0 Å². The molecule has 2 aliphatic rings. The van der Waals surface area contributed by atoms with Crippen molar-refractivity contribution in [3.05, 3.63) is 53.6 Å². The Morgan fingerprint density at radius 3 is 2.71 bits per heavy atom. The van der Waals surface area contributed by atoms with Gasteiger partial charge in [0.1, 0.15) is 19.3 Å². The van der Waals surface area contributed by atoms with Crippen molar-refractivity contribution in [3.63, 3.8) is 0 Å². The van der Waals surface area contributed by atoms with Gasteiger partial charge in [-0.15, -0.1) is 0 Å². The van der Waals surface area contributed by atoms with Crippen LogP contribution in [0.2, 0.25) is 0 Å². The number of anilines is 1. The number of nitrogens with one attached hydrogen (secondary N) is 2. The van der Waals surface area contributed by atoms with Gasteiger partial charge in [-0.1, -0.05) is 12.1 Å². The van der Waals surface area contributed by atoms with E-state index in [0.29, 0.717) is 32.2 Å². The Kier molecular flexibility index (Phi) is 5.45. The summed E-state index contributed by atoms with van der Waals surface area (Å²) in [4.78, 5) is 13.8. The SMILES string of the molecule is N#CCc1ccc(NC(=O)C[NH+]2CCC[C@@H]2c2ccc3c(c2)OCCO3)cc1. The standard InChI is InChI=1S/C22H23N3O3/c23-10-9-16-3-6-18(7-4-16)24-22(26)15-25-11-1-2-19(25)17-5-8-20-21(14-17)28-13-12-27-20/h3-8,14,19H,1-2,9,11-13,15H2,(H,24,26)/p+1/t19-/m1/s1. The second-order valence-electron chi connectivity index (χ2n) is 7.26. The maximum Gasteiger partial charge on any atom is 0.279 e. The van der Waals surface area contributed by atoms with Crippen LogP contribution in [0.4, 0.5) is 5.69 Å². The van der Waals surface area contributed by atoms with Crippen LogP contribution in [-0.4, -0.2) is 32.2 Å². The van der Waals surface area contributed by atoms with Crippen LogP contribution in [0.15, 0.2) is 42.5 Å². The number of amides is 1. The highest BCUT2D eigenvalue weighted by Crippen LogP contribution is 2.33. The van der Waals surface area contributed by atoms with Crippen LogP contribution in [-0.2, 0) is 11.2 Å². The van der Waals surface area contributed by atoms with E-state index < -0.39 is 0 Å². The molecule has 0 bridgehead atoms. The fraction of sp³-hybridized carbons (Fsp3) is 0.364. The lowest BCUT2D eigenvalue weighted by molar-refractivity contribution is -0.910. The van der Waals surface area contributed by atoms with Gasteiger partial charge in [0.25, 0.3) is 5.91 Å². The number of nitriles is 1. The molecule has 2 N–H and O–H groups in total. The summed E-state index contributed by atoms with van der Waals surface area (Å²) in [5.41, 5.74) is 2.91. The first-order chi connectivity index (χ1) is 13.7. The van der Waals surface area contributed by atoms with Gasteiger partial charge < -0.3 is 19.7 Å². The number of ether oxygens (including phenoxy) is 2. The first kappa shape index (κ1) is 18.3. The lowest BCUT2D eigenvalue weighted by Crippen LogP contribution is -3.11. The van der Waals surface area contributed by atoms with E-state index in [0.717, 1.165) is 42.1 Å². The monoisotopic (exact) mass is 378 g/mol. The Morgan fingerprint density at radius 1 is 1.14 bits per heavy atom. The predicted molar refractivity (Wildman–Crippen MR) is 104 cm³/mol. The second-order valence-corrected chi connectivity index (χ2v) is 7.26. The van der Waals surface area contributed by atoms with Crippen LogP contribution in [0.5, 0.6) is 11.5 Å². The highest BCUT2D eigenvalue weighted by molar-refractivity contribution is 5.91. The van der Waals surface area contributed by atoms with E-state index >= 15 is 0 Å². The quantitative estimate of drug-likeness (QED) is 0.833. The van der Waals surface area contributed by atoms with Gasteiger partial charge in [0.05, 0.1) is 19.0 Å². The number of nitrogens with zero attached hydrogens (tertiary/aromatic N) is 1. The summed E-state index contributed by atoms with van der Waals surface area (Å²) in [7, 11) is 0. The van der Waals surface area contributed by atoms with Crippen LogP contribution in [0.3, 0.4) is 0 Å². The Balaban J connectivity index is 1.39. The molecule has 144 valence electrons. The van der Waals surface area contributed by atoms with E-state index in [4.69, 9.17) is 14.7 Å². The predicted octanol–water partition coefficient (Wildman–Crippen LogP) is 1.88. The molecular formula is C22H24N3O3+. The fourth-order valence-corrected chi connectivity index (χ4v) is 4.01. The number of benzene rings is 2. The van der Waals surface area contributed by atoms with Crippen LogP contribution in [0, 0.1) is 11.3 Å². The number of fused-ring (bicyclic) bond motifs is 1. The number of carbonyl (C=O) groups excluding carboxylic acids is 1. The molecule has 2 aromatic carbocycles. The molecule has 1 fully saturated rings. The maximum atomic E-state index is 12.6. The van der Waals surface area contributed by atoms with Gasteiger partial charge in [-0.3, -0.25) is 4.79 Å². The lowest BCUT2D eigenvalue weighted by Gasteiger charge is -2.24. The molecule has 0 aliphatic carbocycles. The van der Waals surface area contributed by atoms with Crippen molar-refractivity contribution in [2.75, 3.05) is 31.6 Å². The molecule has 1 amide bonds. The molecule has 0 saturated carbocycles. The molecule has 1 unspecified atom stereocenters. The largest absolute Gasteiger partial charge is 0.486 e. The molecule has 1 saturated heterocycles. The van der Waals surface area contributed by atoms with Crippen molar-refractivity contribution in [2.45, 2.75) is 25.3 Å². The van der Waals surface area contributed by atoms with Gasteiger partial charge >= 0.3 is 0 Å². The van der Waals surface area contributed by atoms with E-state index in [1.54, 1.807) is 0 Å². The normalized spacial score (nSPS) is 20.4. The third-order valence-electron chi connectivity index (χ3n) is 5.36. The number of quaternary nitrogens is 1. The summed E-state index contributed by atoms with van der Waals surface area (Å²) >= 11 is 0. The fourth-order valence-electron chi connectivity index (χ4n) is 4.01. The van der Waals surface area contributed by atoms with Gasteiger partial charge in [-0.25, -0.2) is 0 Å². The number of likely N-dealkylation sites (tertiary alicyclic amines) is 1. The first-order valence-electron chi connectivity index (χ1n) is 9.73. The minimum absolute atomic E-state index is 0.00692. The minimum atomic E-state index is 0.00692. The van der Waals surface area contributed by atoms with Crippen molar-refractivity contribution < 1.29 is 19.2 Å². The summed E-state index contributed by atoms with van der Waals surface area (Å²) in [6, 6.07) is 16.0. The first-order valence-corrected chi connectivity index (χ1v) is 9.73. The van der Waals surface area contributed by atoms with Gasteiger partial charge in [0, 0.05) is 24.1 Å². The van der Waals surface area contributed by atoms with E-state index in [9.17, 15) is 4.79 Å². The topological polar surface area (TPSA) is 75.8 Å². The second kappa shape index (κ2) is 8.32. The number of hydrogen-bond donors (Lipinski definition) is 2. The summed E-state index contributed by atoms with van der Waals surface area (Å²) in [5.74, 6) is 1.61. The zero-order chi connectivity index (χ0) is 19.3. The highest BCUT2D eigenvalue weighted by atomic mass is 16.6. The molecule has 2 atom stereocenters. The van der Waals surface area contributed by atoms with Crippen LogP contribution < -0.4 is 19.7 Å². The van der Waals surface area contributed by atoms with Gasteiger partial charge in [-0.2, -0.15) is 5.26 Å². The molecule has 2 heterocycles. The average Bonchev–Trinajstić information content (AvgIpc) is 3.17. The number of hydrogen-bond acceptors (Lipinski definition) is 4. The Bertz CT molecular complexity index is 889. The number of carbonyl (C=O) groups is 1. The zero-order valence-corrected chi connectivity index (χ0v) is 15.7. The van der Waals surface area contributed by atoms with E-state index in [1.807, 2.05) is 30.3 Å². The Morgan fingerprint density at radius 2 is 1.93 bits per heavy atom. The molecular weight excluding hydrogens is 354 g/mol. The van der Waals surface area contributed by atoms with Gasteiger partial charge in [0.2, 0.25) is 0 Å². The van der Waals surface area contributed by atoms with E-state index in [2.05, 4.69) is 23.5 Å². The molecule has 2 aromatic rings. The highest BCUT2D eigenvalue weighted by Gasteiger charge is 2.32. The molecule has 2 aliphatic heterocycles. The molecule has 6 heteroatoms. The van der Waals surface area contributed by atoms with Crippen molar-refractivity contribution in [1.82, 2.24) is 0 Å². The van der Waals surface area contributed by atoms with Crippen molar-refractivity contribution >= 4 is 11.6 Å². The van der Waals surface area contributed by atoms with Crippen molar-refractivity contribution in [1.29, 1.82) is 5.26 Å². The zero-order valence-electron chi connectivity index (χ0n) is 15.7. The summed E-state index contributed by atoms with van der Waals surface area (Å²) in [6.45, 7) is 2.57. The number of rotatable bonds is 5. The molecule has 28 heavy (non-hydrogen) atoms. The third kappa shape index (κ3) is 4.10. The molecule has 6 nitrogen and oxygen atoms in total. The van der Waals surface area contributed by atoms with Gasteiger partial charge in [0.15, 0.2) is 18.0 Å². The molecule has 0 spiro atoms. The van der Waals surface area contributed by atoms with Crippen LogP contribution in [0.25, 0.3) is 0 Å². The minimum Gasteiger partial charge on any atom is -0.486 e. The molecule has 0 aromatic heterocycles. The Labute approximate surface area is 164 Å². The average molecular weight is 378 g/mol. The lowest BCUT2D eigenvalue weighted by atomic mass is 10.0. The van der Waals surface area contributed by atoms with E-state index in [-0.39, 0.29) is 5.91 Å². The molecule has 0 radical (unpaired) electrons. The van der Waals surface area contributed by atoms with Crippen molar-refractivity contribution in [3.8, 4) is 17.6 Å². The van der Waals surface area contributed by atoms with E-state index in [1.165, 1.54) is 10.5 Å². The maximum absolute atomic E-state index is 12.6. The summed E-state index contributed by atoms with van der Waals surface area (Å²) < 4.78 is 11.3. The van der Waals surface area contributed by atoms with Crippen LogP contribution in [0.1, 0.15) is 30.0 Å². The van der Waals surface area contributed by atoms with Gasteiger partial charge in [-0.05, 0) is 35.9 Å². The van der Waals surface area contributed by atoms with Crippen molar-refractivity contribution in [2.24, 2.45) is 0 Å². The molecule has 4 rings (SSSR count). The third-order valence-corrected chi connectivity index (χ3v) is 5.36. The summed E-state index contributed by atoms with van der Waals surface area (Å²) in [5, 5.41) is 11.7. The Hall–Kier alpha value is -3.04. The smallest absolute Gasteiger partial charge is 0.279 e. The summed E-state index contributed by atoms with van der Waals surface area (Å²) in [6.07, 6.45) is 2.54.